The molecule has 1 aliphatic heterocycles. The summed E-state index contributed by atoms with van der Waals surface area (Å²) in [4.78, 5) is 9.25. The van der Waals surface area contributed by atoms with Crippen molar-refractivity contribution in [2.45, 2.75) is 26.3 Å². The van der Waals surface area contributed by atoms with Crippen molar-refractivity contribution in [2.24, 2.45) is 4.99 Å². The molecule has 2 aromatic heterocycles. The minimum absolute atomic E-state index is 0.0167. The van der Waals surface area contributed by atoms with E-state index in [1.807, 2.05) is 48.3 Å². The van der Waals surface area contributed by atoms with Crippen LogP contribution in [0.5, 0.6) is 0 Å². The molecule has 0 saturated carbocycles. The fourth-order valence-corrected chi connectivity index (χ4v) is 4.17. The van der Waals surface area contributed by atoms with Gasteiger partial charge in [0.15, 0.2) is 5.82 Å². The number of rotatable bonds is 3. The van der Waals surface area contributed by atoms with E-state index in [9.17, 15) is 4.39 Å². The summed E-state index contributed by atoms with van der Waals surface area (Å²) < 4.78 is 15.5. The molecule has 0 saturated heterocycles. The topological polar surface area (TPSA) is 43.1 Å². The van der Waals surface area contributed by atoms with Gasteiger partial charge in [-0.05, 0) is 60.4 Å². The number of hydrogen-bond donors (Lipinski definition) is 0. The Kier molecular flexibility index (Phi) is 4.51. The van der Waals surface area contributed by atoms with Crippen molar-refractivity contribution in [3.63, 3.8) is 0 Å². The first-order chi connectivity index (χ1) is 14.6. The van der Waals surface area contributed by atoms with E-state index in [-0.39, 0.29) is 11.9 Å². The highest BCUT2D eigenvalue weighted by atomic mass is 19.1. The van der Waals surface area contributed by atoms with Crippen molar-refractivity contribution >= 4 is 11.5 Å². The highest BCUT2D eigenvalue weighted by Gasteiger charge is 2.30. The Bertz CT molecular complexity index is 1240. The van der Waals surface area contributed by atoms with Crippen molar-refractivity contribution in [3.05, 3.63) is 101 Å². The summed E-state index contributed by atoms with van der Waals surface area (Å²) in [6.45, 7) is 4.09. The Morgan fingerprint density at radius 2 is 1.67 bits per heavy atom. The lowest BCUT2D eigenvalue weighted by molar-refractivity contribution is 0.529. The maximum atomic E-state index is 13.5. The first kappa shape index (κ1) is 18.4. The Morgan fingerprint density at radius 3 is 2.40 bits per heavy atom. The molecule has 4 nitrogen and oxygen atoms in total. The third-order valence-corrected chi connectivity index (χ3v) is 5.66. The molecule has 5 heteroatoms. The average Bonchev–Trinajstić information content (AvgIpc) is 3.10. The molecular weight excluding hydrogens is 375 g/mol. The third kappa shape index (κ3) is 3.12. The number of benzene rings is 2. The Hall–Kier alpha value is -3.60. The number of hydrogen-bond acceptors (Lipinski definition) is 3. The molecule has 0 amide bonds. The van der Waals surface area contributed by atoms with E-state index in [0.717, 1.165) is 45.9 Å². The molecule has 0 unspecified atom stereocenters. The molecule has 0 radical (unpaired) electrons. The van der Waals surface area contributed by atoms with Crippen LogP contribution in [0.4, 0.5) is 10.2 Å². The molecule has 30 heavy (non-hydrogen) atoms. The van der Waals surface area contributed by atoms with Crippen LogP contribution in [0.2, 0.25) is 0 Å². The Balaban J connectivity index is 1.74. The molecule has 4 aromatic rings. The van der Waals surface area contributed by atoms with Crippen molar-refractivity contribution in [1.29, 1.82) is 0 Å². The fraction of sp³-hybridized carbons (Fsp3) is 0.160. The van der Waals surface area contributed by atoms with Gasteiger partial charge < -0.3 is 0 Å². The van der Waals surface area contributed by atoms with Gasteiger partial charge in [0.2, 0.25) is 0 Å². The molecule has 0 bridgehead atoms. The third-order valence-electron chi connectivity index (χ3n) is 5.66. The predicted octanol–water partition coefficient (Wildman–Crippen LogP) is 5.81. The summed E-state index contributed by atoms with van der Waals surface area (Å²) in [6.07, 6.45) is 4.36. The summed E-state index contributed by atoms with van der Waals surface area (Å²) in [6, 6.07) is 18.9. The first-order valence-electron chi connectivity index (χ1n) is 10.0. The number of halogens is 1. The van der Waals surface area contributed by atoms with E-state index < -0.39 is 0 Å². The minimum Gasteiger partial charge on any atom is -0.265 e. The van der Waals surface area contributed by atoms with Gasteiger partial charge in [-0.1, -0.05) is 36.4 Å². The molecule has 0 spiro atoms. The number of fused-ring (bicyclic) bond motifs is 1. The van der Waals surface area contributed by atoms with E-state index >= 15 is 0 Å². The smallest absolute Gasteiger partial charge is 0.159 e. The van der Waals surface area contributed by atoms with Crippen molar-refractivity contribution in [3.8, 4) is 11.1 Å². The summed E-state index contributed by atoms with van der Waals surface area (Å²) in [5.74, 6) is 0.557. The lowest BCUT2D eigenvalue weighted by atomic mass is 9.93. The second-order valence-corrected chi connectivity index (χ2v) is 7.61. The standard InChI is InChI=1S/C25H21FN4/c1-16-5-3-4-6-21(16)22-15-23(18-11-13-27-14-12-18)30-25(28-22)24(17(2)29-30)19-7-9-20(26)10-8-19/h3-14,23H,15H2,1-2H3/t23-/m0/s1. The van der Waals surface area contributed by atoms with Crippen LogP contribution >= 0.6 is 0 Å². The van der Waals surface area contributed by atoms with Gasteiger partial charge in [0.25, 0.3) is 0 Å². The van der Waals surface area contributed by atoms with Crippen LogP contribution in [0.3, 0.4) is 0 Å². The van der Waals surface area contributed by atoms with Gasteiger partial charge in [-0.25, -0.2) is 14.1 Å². The van der Waals surface area contributed by atoms with Crippen LogP contribution in [0, 0.1) is 19.7 Å². The highest BCUT2D eigenvalue weighted by Crippen LogP contribution is 2.41. The van der Waals surface area contributed by atoms with Crippen LogP contribution in [0.25, 0.3) is 11.1 Å². The largest absolute Gasteiger partial charge is 0.265 e. The van der Waals surface area contributed by atoms with E-state index in [2.05, 4.69) is 24.0 Å². The van der Waals surface area contributed by atoms with Gasteiger partial charge in [0.1, 0.15) is 5.82 Å². The monoisotopic (exact) mass is 396 g/mol. The number of aliphatic imine (C=N–C) groups is 1. The van der Waals surface area contributed by atoms with Crippen LogP contribution in [-0.4, -0.2) is 20.5 Å². The number of nitrogens with zero attached hydrogens (tertiary/aromatic N) is 4. The van der Waals surface area contributed by atoms with E-state index in [0.29, 0.717) is 0 Å². The zero-order chi connectivity index (χ0) is 20.7. The fourth-order valence-electron chi connectivity index (χ4n) is 4.17. The molecule has 1 atom stereocenters. The summed E-state index contributed by atoms with van der Waals surface area (Å²) in [5, 5.41) is 4.85. The second-order valence-electron chi connectivity index (χ2n) is 7.61. The zero-order valence-corrected chi connectivity index (χ0v) is 16.9. The van der Waals surface area contributed by atoms with Crippen LogP contribution in [0.15, 0.2) is 78.0 Å². The van der Waals surface area contributed by atoms with Gasteiger partial charge in [-0.3, -0.25) is 4.98 Å². The quantitative estimate of drug-likeness (QED) is 0.438. The highest BCUT2D eigenvalue weighted by molar-refractivity contribution is 6.05. The number of pyridine rings is 1. The second kappa shape index (κ2) is 7.34. The van der Waals surface area contributed by atoms with Gasteiger partial charge >= 0.3 is 0 Å². The minimum atomic E-state index is -0.254. The molecule has 5 rings (SSSR count). The maximum absolute atomic E-state index is 13.5. The van der Waals surface area contributed by atoms with Crippen LogP contribution < -0.4 is 0 Å². The van der Waals surface area contributed by atoms with Gasteiger partial charge in [0.05, 0.1) is 17.4 Å². The first-order valence-corrected chi connectivity index (χ1v) is 10.0. The molecule has 0 fully saturated rings. The van der Waals surface area contributed by atoms with Crippen molar-refractivity contribution in [2.75, 3.05) is 0 Å². The van der Waals surface area contributed by atoms with E-state index in [1.54, 1.807) is 12.1 Å². The zero-order valence-electron chi connectivity index (χ0n) is 16.9. The lowest BCUT2D eigenvalue weighted by Gasteiger charge is -2.26. The average molecular weight is 396 g/mol. The summed E-state index contributed by atoms with van der Waals surface area (Å²) in [7, 11) is 0. The normalized spacial score (nSPS) is 15.6. The summed E-state index contributed by atoms with van der Waals surface area (Å²) >= 11 is 0. The van der Waals surface area contributed by atoms with Gasteiger partial charge in [-0.15, -0.1) is 0 Å². The van der Waals surface area contributed by atoms with E-state index in [4.69, 9.17) is 10.1 Å². The van der Waals surface area contributed by atoms with Gasteiger partial charge in [-0.2, -0.15) is 5.10 Å². The molecule has 148 valence electrons. The molecule has 0 aliphatic carbocycles. The number of aromatic nitrogens is 3. The van der Waals surface area contributed by atoms with Crippen molar-refractivity contribution < 1.29 is 4.39 Å². The van der Waals surface area contributed by atoms with Crippen LogP contribution in [-0.2, 0) is 0 Å². The molecule has 2 aromatic carbocycles. The predicted molar refractivity (Wildman–Crippen MR) is 117 cm³/mol. The summed E-state index contributed by atoms with van der Waals surface area (Å²) in [5.41, 5.74) is 7.25. The Morgan fingerprint density at radius 1 is 0.933 bits per heavy atom. The SMILES string of the molecule is Cc1ccccc1C1=Nc2c(-c3ccc(F)cc3)c(C)nn2[C@H](c2ccncc2)C1. The maximum Gasteiger partial charge on any atom is 0.159 e. The van der Waals surface area contributed by atoms with Gasteiger partial charge in [0, 0.05) is 24.4 Å². The number of aryl methyl sites for hydroxylation is 2. The molecule has 1 aliphatic rings. The Labute approximate surface area is 174 Å². The lowest BCUT2D eigenvalue weighted by Crippen LogP contribution is -2.21. The van der Waals surface area contributed by atoms with Crippen LogP contribution in [0.1, 0.15) is 34.8 Å². The molecule has 3 heterocycles. The molecular formula is C25H21FN4. The molecule has 0 N–H and O–H groups in total. The van der Waals surface area contributed by atoms with Crippen molar-refractivity contribution in [1.82, 2.24) is 14.8 Å². The van der Waals surface area contributed by atoms with E-state index in [1.165, 1.54) is 17.7 Å².